The molecular weight excluding hydrogens is 304 g/mol. The van der Waals surface area contributed by atoms with Crippen molar-refractivity contribution in [2.24, 2.45) is 0 Å². The maximum atomic E-state index is 10.4. The van der Waals surface area contributed by atoms with Gasteiger partial charge in [0.2, 0.25) is 0 Å². The van der Waals surface area contributed by atoms with Gasteiger partial charge in [0.25, 0.3) is 0 Å². The highest BCUT2D eigenvalue weighted by Gasteiger charge is 2.13. The van der Waals surface area contributed by atoms with Gasteiger partial charge in [0.15, 0.2) is 0 Å². The van der Waals surface area contributed by atoms with Crippen LogP contribution in [0.3, 0.4) is 0 Å². The van der Waals surface area contributed by atoms with Gasteiger partial charge in [-0.1, -0.05) is 36.4 Å². The van der Waals surface area contributed by atoms with Gasteiger partial charge >= 0.3 is 0 Å². The SMILES string of the molecule is OC(Cn1ccnc1)c1ccc2ccccc2c1Br. The first-order valence-electron chi connectivity index (χ1n) is 6.06. The molecule has 1 aromatic heterocycles. The molecule has 3 rings (SSSR count). The van der Waals surface area contributed by atoms with Gasteiger partial charge in [0, 0.05) is 16.9 Å². The van der Waals surface area contributed by atoms with Crippen LogP contribution in [0.4, 0.5) is 0 Å². The van der Waals surface area contributed by atoms with Gasteiger partial charge in [0.1, 0.15) is 0 Å². The smallest absolute Gasteiger partial charge is 0.0980 e. The molecular formula is C15H13BrN2O. The van der Waals surface area contributed by atoms with Crippen molar-refractivity contribution in [3.8, 4) is 0 Å². The Labute approximate surface area is 119 Å². The standard InChI is InChI=1S/C15H13BrN2O/c16-15-12-4-2-1-3-11(12)5-6-13(15)14(19)9-18-8-7-17-10-18/h1-8,10,14,19H,9H2. The van der Waals surface area contributed by atoms with E-state index in [9.17, 15) is 5.11 Å². The summed E-state index contributed by atoms with van der Waals surface area (Å²) >= 11 is 3.60. The molecule has 0 aliphatic rings. The monoisotopic (exact) mass is 316 g/mol. The van der Waals surface area contributed by atoms with E-state index in [-0.39, 0.29) is 0 Å². The Bertz CT molecular complexity index is 694. The van der Waals surface area contributed by atoms with Crippen LogP contribution in [0.25, 0.3) is 10.8 Å². The van der Waals surface area contributed by atoms with Crippen molar-refractivity contribution in [3.05, 3.63) is 65.2 Å². The average molecular weight is 317 g/mol. The number of aliphatic hydroxyl groups is 1. The molecule has 0 amide bonds. The van der Waals surface area contributed by atoms with Crippen molar-refractivity contribution < 1.29 is 5.11 Å². The van der Waals surface area contributed by atoms with Crippen LogP contribution in [0.15, 0.2) is 59.6 Å². The van der Waals surface area contributed by atoms with Crippen molar-refractivity contribution in [3.63, 3.8) is 0 Å². The predicted octanol–water partition coefficient (Wildman–Crippen LogP) is 3.53. The molecule has 0 fully saturated rings. The fourth-order valence-corrected chi connectivity index (χ4v) is 2.96. The summed E-state index contributed by atoms with van der Waals surface area (Å²) in [7, 11) is 0. The van der Waals surface area contributed by atoms with Gasteiger partial charge in [-0.25, -0.2) is 4.98 Å². The Hall–Kier alpha value is -1.65. The van der Waals surface area contributed by atoms with Crippen LogP contribution in [0, 0.1) is 0 Å². The molecule has 0 radical (unpaired) electrons. The number of nitrogens with zero attached hydrogens (tertiary/aromatic N) is 2. The summed E-state index contributed by atoms with van der Waals surface area (Å²) < 4.78 is 2.82. The van der Waals surface area contributed by atoms with E-state index < -0.39 is 6.10 Å². The third-order valence-corrected chi connectivity index (χ3v) is 4.08. The second-order valence-electron chi connectivity index (χ2n) is 4.47. The minimum Gasteiger partial charge on any atom is -0.386 e. The van der Waals surface area contributed by atoms with E-state index in [0.717, 1.165) is 20.8 Å². The molecule has 0 bridgehead atoms. The highest BCUT2D eigenvalue weighted by atomic mass is 79.9. The van der Waals surface area contributed by atoms with Crippen LogP contribution in [-0.2, 0) is 6.54 Å². The molecule has 0 spiro atoms. The topological polar surface area (TPSA) is 38.0 Å². The van der Waals surface area contributed by atoms with Crippen molar-refractivity contribution in [1.29, 1.82) is 0 Å². The summed E-state index contributed by atoms with van der Waals surface area (Å²) in [6.45, 7) is 0.497. The Morgan fingerprint density at radius 1 is 1.21 bits per heavy atom. The summed E-state index contributed by atoms with van der Waals surface area (Å²) in [5, 5.41) is 12.6. The number of imidazole rings is 1. The highest BCUT2D eigenvalue weighted by molar-refractivity contribution is 9.10. The van der Waals surface area contributed by atoms with Crippen LogP contribution in [0.1, 0.15) is 11.7 Å². The highest BCUT2D eigenvalue weighted by Crippen LogP contribution is 2.31. The Morgan fingerprint density at radius 3 is 2.84 bits per heavy atom. The molecule has 1 heterocycles. The van der Waals surface area contributed by atoms with E-state index in [2.05, 4.69) is 27.0 Å². The Balaban J connectivity index is 1.98. The number of aliphatic hydroxyl groups excluding tert-OH is 1. The van der Waals surface area contributed by atoms with E-state index in [1.807, 2.05) is 41.1 Å². The molecule has 1 atom stereocenters. The molecule has 3 aromatic rings. The van der Waals surface area contributed by atoms with E-state index in [0.29, 0.717) is 6.54 Å². The van der Waals surface area contributed by atoms with E-state index in [1.54, 1.807) is 12.5 Å². The second kappa shape index (κ2) is 5.15. The third-order valence-electron chi connectivity index (χ3n) is 3.20. The molecule has 0 aliphatic carbocycles. The summed E-state index contributed by atoms with van der Waals surface area (Å²) in [4.78, 5) is 3.98. The largest absolute Gasteiger partial charge is 0.386 e. The third kappa shape index (κ3) is 2.41. The zero-order chi connectivity index (χ0) is 13.2. The molecule has 0 aliphatic heterocycles. The molecule has 0 saturated carbocycles. The molecule has 1 N–H and O–H groups in total. The maximum Gasteiger partial charge on any atom is 0.0980 e. The zero-order valence-corrected chi connectivity index (χ0v) is 11.8. The van der Waals surface area contributed by atoms with Crippen LogP contribution in [-0.4, -0.2) is 14.7 Å². The van der Waals surface area contributed by atoms with Crippen LogP contribution in [0.2, 0.25) is 0 Å². The summed E-state index contributed by atoms with van der Waals surface area (Å²) in [5.41, 5.74) is 0.896. The van der Waals surface area contributed by atoms with E-state index in [1.165, 1.54) is 0 Å². The van der Waals surface area contributed by atoms with Gasteiger partial charge in [-0.2, -0.15) is 0 Å². The first-order chi connectivity index (χ1) is 9.25. The number of hydrogen-bond acceptors (Lipinski definition) is 2. The lowest BCUT2D eigenvalue weighted by molar-refractivity contribution is 0.156. The number of benzene rings is 2. The molecule has 19 heavy (non-hydrogen) atoms. The normalized spacial score (nSPS) is 12.7. The van der Waals surface area contributed by atoms with Crippen LogP contribution < -0.4 is 0 Å². The number of aromatic nitrogens is 2. The molecule has 3 nitrogen and oxygen atoms in total. The fraction of sp³-hybridized carbons (Fsp3) is 0.133. The number of rotatable bonds is 3. The van der Waals surface area contributed by atoms with Gasteiger partial charge < -0.3 is 9.67 Å². The summed E-state index contributed by atoms with van der Waals surface area (Å²) in [6.07, 6.45) is 4.70. The van der Waals surface area contributed by atoms with E-state index in [4.69, 9.17) is 0 Å². The lowest BCUT2D eigenvalue weighted by Crippen LogP contribution is -2.07. The maximum absolute atomic E-state index is 10.4. The lowest BCUT2D eigenvalue weighted by atomic mass is 10.0. The molecule has 2 aromatic carbocycles. The van der Waals surface area contributed by atoms with Gasteiger partial charge in [0.05, 0.1) is 19.0 Å². The molecule has 0 saturated heterocycles. The predicted molar refractivity (Wildman–Crippen MR) is 78.8 cm³/mol. The number of hydrogen-bond donors (Lipinski definition) is 1. The lowest BCUT2D eigenvalue weighted by Gasteiger charge is -2.15. The average Bonchev–Trinajstić information content (AvgIpc) is 2.92. The summed E-state index contributed by atoms with van der Waals surface area (Å²) in [5.74, 6) is 0. The molecule has 1 unspecified atom stereocenters. The van der Waals surface area contributed by atoms with Gasteiger partial charge in [-0.3, -0.25) is 0 Å². The van der Waals surface area contributed by atoms with E-state index >= 15 is 0 Å². The zero-order valence-electron chi connectivity index (χ0n) is 10.2. The minimum atomic E-state index is -0.562. The minimum absolute atomic E-state index is 0.497. The Kier molecular flexibility index (Phi) is 3.36. The second-order valence-corrected chi connectivity index (χ2v) is 5.26. The quantitative estimate of drug-likeness (QED) is 0.802. The van der Waals surface area contributed by atoms with Crippen molar-refractivity contribution in [2.75, 3.05) is 0 Å². The van der Waals surface area contributed by atoms with Crippen molar-refractivity contribution >= 4 is 26.7 Å². The fourth-order valence-electron chi connectivity index (χ4n) is 2.20. The Morgan fingerprint density at radius 2 is 2.05 bits per heavy atom. The number of fused-ring (bicyclic) bond motifs is 1. The van der Waals surface area contributed by atoms with Gasteiger partial charge in [-0.05, 0) is 32.3 Å². The van der Waals surface area contributed by atoms with Gasteiger partial charge in [-0.15, -0.1) is 0 Å². The molecule has 4 heteroatoms. The first kappa shape index (κ1) is 12.4. The summed E-state index contributed by atoms with van der Waals surface area (Å²) in [6, 6.07) is 12.1. The van der Waals surface area contributed by atoms with Crippen molar-refractivity contribution in [1.82, 2.24) is 9.55 Å². The number of halogens is 1. The van der Waals surface area contributed by atoms with Crippen molar-refractivity contribution in [2.45, 2.75) is 12.6 Å². The first-order valence-corrected chi connectivity index (χ1v) is 6.86. The van der Waals surface area contributed by atoms with Crippen LogP contribution >= 0.6 is 15.9 Å². The molecule has 96 valence electrons. The van der Waals surface area contributed by atoms with Crippen LogP contribution in [0.5, 0.6) is 0 Å².